The SMILES string of the molecule is COc1ccc(-n2ncc(C#N)c2S(N)(=O)=O)cc1. The fraction of sp³-hybridized carbons (Fsp3) is 0.0909. The zero-order chi connectivity index (χ0) is 14.0. The quantitative estimate of drug-likeness (QED) is 0.873. The first kappa shape index (κ1) is 13.1. The highest BCUT2D eigenvalue weighted by molar-refractivity contribution is 7.89. The molecule has 8 heteroatoms. The van der Waals surface area contributed by atoms with Gasteiger partial charge in [0, 0.05) is 0 Å². The number of rotatable bonds is 3. The van der Waals surface area contributed by atoms with Crippen molar-refractivity contribution in [1.29, 1.82) is 5.26 Å². The van der Waals surface area contributed by atoms with E-state index < -0.39 is 10.0 Å². The fourth-order valence-corrected chi connectivity index (χ4v) is 2.39. The first-order chi connectivity index (χ1) is 8.97. The molecule has 2 rings (SSSR count). The minimum Gasteiger partial charge on any atom is -0.497 e. The molecule has 0 saturated carbocycles. The lowest BCUT2D eigenvalue weighted by Gasteiger charge is -2.07. The van der Waals surface area contributed by atoms with E-state index >= 15 is 0 Å². The molecule has 0 fully saturated rings. The van der Waals surface area contributed by atoms with Crippen molar-refractivity contribution in [3.8, 4) is 17.5 Å². The van der Waals surface area contributed by atoms with Gasteiger partial charge in [0.1, 0.15) is 17.4 Å². The van der Waals surface area contributed by atoms with E-state index in [9.17, 15) is 8.42 Å². The molecule has 0 unspecified atom stereocenters. The van der Waals surface area contributed by atoms with Gasteiger partial charge in [-0.1, -0.05) is 0 Å². The first-order valence-electron chi connectivity index (χ1n) is 5.12. The van der Waals surface area contributed by atoms with Crippen molar-refractivity contribution in [3.63, 3.8) is 0 Å². The number of primary sulfonamides is 1. The molecule has 2 aromatic rings. The third kappa shape index (κ3) is 2.42. The Labute approximate surface area is 109 Å². The number of aromatic nitrogens is 2. The van der Waals surface area contributed by atoms with Gasteiger partial charge in [-0.25, -0.2) is 18.2 Å². The Morgan fingerprint density at radius 1 is 1.37 bits per heavy atom. The maximum absolute atomic E-state index is 11.5. The maximum atomic E-state index is 11.5. The molecule has 0 saturated heterocycles. The van der Waals surface area contributed by atoms with E-state index in [-0.39, 0.29) is 10.6 Å². The molecular formula is C11H10N4O3S. The monoisotopic (exact) mass is 278 g/mol. The number of nitriles is 1. The van der Waals surface area contributed by atoms with Crippen molar-refractivity contribution in [2.24, 2.45) is 5.14 Å². The van der Waals surface area contributed by atoms with Gasteiger partial charge in [0.15, 0.2) is 5.03 Å². The average Bonchev–Trinajstić information content (AvgIpc) is 2.82. The maximum Gasteiger partial charge on any atom is 0.257 e. The second-order valence-corrected chi connectivity index (χ2v) is 5.11. The zero-order valence-corrected chi connectivity index (χ0v) is 10.8. The van der Waals surface area contributed by atoms with Crippen LogP contribution in [0.1, 0.15) is 5.56 Å². The van der Waals surface area contributed by atoms with E-state index in [1.807, 2.05) is 0 Å². The predicted octanol–water partition coefficient (Wildman–Crippen LogP) is 0.400. The molecule has 0 aliphatic heterocycles. The predicted molar refractivity (Wildman–Crippen MR) is 66.2 cm³/mol. The van der Waals surface area contributed by atoms with Gasteiger partial charge in [0.2, 0.25) is 0 Å². The summed E-state index contributed by atoms with van der Waals surface area (Å²) >= 11 is 0. The van der Waals surface area contributed by atoms with E-state index in [1.54, 1.807) is 30.3 Å². The number of hydrogen-bond donors (Lipinski definition) is 1. The summed E-state index contributed by atoms with van der Waals surface area (Å²) in [7, 11) is -2.53. The van der Waals surface area contributed by atoms with Gasteiger partial charge in [-0.05, 0) is 24.3 Å². The van der Waals surface area contributed by atoms with Gasteiger partial charge in [-0.3, -0.25) is 0 Å². The lowest BCUT2D eigenvalue weighted by molar-refractivity contribution is 0.414. The lowest BCUT2D eigenvalue weighted by atomic mass is 10.3. The molecule has 0 radical (unpaired) electrons. The number of nitrogens with zero attached hydrogens (tertiary/aromatic N) is 3. The topological polar surface area (TPSA) is 111 Å². The van der Waals surface area contributed by atoms with Crippen molar-refractivity contribution >= 4 is 10.0 Å². The Morgan fingerprint density at radius 2 is 2.00 bits per heavy atom. The Kier molecular flexibility index (Phi) is 3.25. The van der Waals surface area contributed by atoms with Crippen LogP contribution in [0.25, 0.3) is 5.69 Å². The summed E-state index contributed by atoms with van der Waals surface area (Å²) in [6.07, 6.45) is 1.16. The van der Waals surface area contributed by atoms with Gasteiger partial charge < -0.3 is 4.74 Å². The first-order valence-corrected chi connectivity index (χ1v) is 6.67. The van der Waals surface area contributed by atoms with Crippen LogP contribution in [0.3, 0.4) is 0 Å². The minimum atomic E-state index is -4.05. The molecule has 0 aliphatic carbocycles. The number of hydrogen-bond acceptors (Lipinski definition) is 5. The Morgan fingerprint density at radius 3 is 2.47 bits per heavy atom. The molecule has 19 heavy (non-hydrogen) atoms. The third-order valence-corrected chi connectivity index (χ3v) is 3.36. The van der Waals surface area contributed by atoms with Crippen molar-refractivity contribution in [1.82, 2.24) is 9.78 Å². The van der Waals surface area contributed by atoms with E-state index in [2.05, 4.69) is 5.10 Å². The number of sulfonamides is 1. The van der Waals surface area contributed by atoms with Crippen molar-refractivity contribution in [2.45, 2.75) is 5.03 Å². The van der Waals surface area contributed by atoms with Crippen molar-refractivity contribution in [2.75, 3.05) is 7.11 Å². The van der Waals surface area contributed by atoms with E-state index in [1.165, 1.54) is 7.11 Å². The summed E-state index contributed by atoms with van der Waals surface area (Å²) < 4.78 is 29.2. The Hall–Kier alpha value is -2.37. The largest absolute Gasteiger partial charge is 0.497 e. The fourth-order valence-electron chi connectivity index (χ4n) is 1.60. The Bertz CT molecular complexity index is 741. The van der Waals surface area contributed by atoms with Crippen molar-refractivity contribution < 1.29 is 13.2 Å². The molecule has 1 aromatic carbocycles. The Balaban J connectivity index is 2.63. The number of benzene rings is 1. The van der Waals surface area contributed by atoms with Crippen LogP contribution in [-0.2, 0) is 10.0 Å². The smallest absolute Gasteiger partial charge is 0.257 e. The van der Waals surface area contributed by atoms with Crippen LogP contribution in [-0.4, -0.2) is 25.3 Å². The zero-order valence-electron chi connectivity index (χ0n) is 9.94. The van der Waals surface area contributed by atoms with Crippen LogP contribution in [0.2, 0.25) is 0 Å². The average molecular weight is 278 g/mol. The molecule has 0 spiro atoms. The molecule has 0 atom stereocenters. The van der Waals surface area contributed by atoms with E-state index in [0.717, 1.165) is 10.9 Å². The van der Waals surface area contributed by atoms with Crippen LogP contribution in [0.5, 0.6) is 5.75 Å². The number of methoxy groups -OCH3 is 1. The molecule has 7 nitrogen and oxygen atoms in total. The van der Waals surface area contributed by atoms with Gasteiger partial charge in [-0.2, -0.15) is 10.4 Å². The second-order valence-electron chi connectivity index (χ2n) is 3.63. The summed E-state index contributed by atoms with van der Waals surface area (Å²) in [5.41, 5.74) is 0.365. The third-order valence-electron chi connectivity index (χ3n) is 2.43. The number of nitrogens with two attached hydrogens (primary N) is 1. The molecule has 0 bridgehead atoms. The van der Waals surface area contributed by atoms with Gasteiger partial charge in [0.25, 0.3) is 10.0 Å². The molecule has 2 N–H and O–H groups in total. The van der Waals surface area contributed by atoms with E-state index in [0.29, 0.717) is 11.4 Å². The van der Waals surface area contributed by atoms with Crippen LogP contribution in [0.4, 0.5) is 0 Å². The summed E-state index contributed by atoms with van der Waals surface area (Å²) in [5.74, 6) is 0.619. The minimum absolute atomic E-state index is 0.0988. The highest BCUT2D eigenvalue weighted by Crippen LogP contribution is 2.20. The van der Waals surface area contributed by atoms with E-state index in [4.69, 9.17) is 15.1 Å². The van der Waals surface area contributed by atoms with Crippen molar-refractivity contribution in [3.05, 3.63) is 36.0 Å². The normalized spacial score (nSPS) is 11.0. The summed E-state index contributed by atoms with van der Waals surface area (Å²) in [6, 6.07) is 8.27. The summed E-state index contributed by atoms with van der Waals surface area (Å²) in [6.45, 7) is 0. The van der Waals surface area contributed by atoms with Crippen LogP contribution < -0.4 is 9.88 Å². The summed E-state index contributed by atoms with van der Waals surface area (Å²) in [5, 5.41) is 17.5. The van der Waals surface area contributed by atoms with Gasteiger partial charge >= 0.3 is 0 Å². The second kappa shape index (κ2) is 4.72. The number of ether oxygens (including phenoxy) is 1. The van der Waals surface area contributed by atoms with Crippen LogP contribution in [0, 0.1) is 11.3 Å². The lowest BCUT2D eigenvalue weighted by Crippen LogP contribution is -2.18. The van der Waals surface area contributed by atoms with Crippen LogP contribution in [0.15, 0.2) is 35.5 Å². The highest BCUT2D eigenvalue weighted by Gasteiger charge is 2.22. The molecule has 0 aliphatic rings. The molecule has 98 valence electrons. The van der Waals surface area contributed by atoms with Gasteiger partial charge in [-0.15, -0.1) is 0 Å². The highest BCUT2D eigenvalue weighted by atomic mass is 32.2. The summed E-state index contributed by atoms with van der Waals surface area (Å²) in [4.78, 5) is 0. The standard InChI is InChI=1S/C11H10N4O3S/c1-18-10-4-2-9(3-5-10)15-11(19(13,16)17)8(6-12)7-14-15/h2-5,7H,1H3,(H2,13,16,17). The molecule has 1 aromatic heterocycles. The molecule has 0 amide bonds. The van der Waals surface area contributed by atoms with Crippen LogP contribution >= 0.6 is 0 Å². The molecule has 1 heterocycles. The van der Waals surface area contributed by atoms with Gasteiger partial charge in [0.05, 0.1) is 19.0 Å². The molecular weight excluding hydrogens is 268 g/mol.